The van der Waals surface area contributed by atoms with Gasteiger partial charge in [0.1, 0.15) is 0 Å². The maximum atomic E-state index is 10.5. The van der Waals surface area contributed by atoms with E-state index in [0.29, 0.717) is 12.3 Å². The largest absolute Gasteiger partial charge is 0.281 e. The topological polar surface area (TPSA) is 17.1 Å². The fourth-order valence-corrected chi connectivity index (χ4v) is 1.92. The Labute approximate surface area is 87.0 Å². The summed E-state index contributed by atoms with van der Waals surface area (Å²) in [6, 6.07) is 0. The van der Waals surface area contributed by atoms with Gasteiger partial charge in [0, 0.05) is 10.8 Å². The maximum Gasteiger partial charge on any atom is 0.221 e. The zero-order valence-corrected chi connectivity index (χ0v) is 9.69. The SMILES string of the molecule is CCCCC(CI)CC(=O)Cl. The Morgan fingerprint density at radius 3 is 2.64 bits per heavy atom. The van der Waals surface area contributed by atoms with Crippen LogP contribution in [-0.2, 0) is 4.79 Å². The third-order valence-corrected chi connectivity index (χ3v) is 3.03. The number of carbonyl (C=O) groups is 1. The van der Waals surface area contributed by atoms with E-state index in [2.05, 4.69) is 29.5 Å². The van der Waals surface area contributed by atoms with Gasteiger partial charge in [-0.15, -0.1) is 0 Å². The smallest absolute Gasteiger partial charge is 0.221 e. The molecule has 0 spiro atoms. The average Bonchev–Trinajstić information content (AvgIpc) is 1.97. The molecule has 0 saturated heterocycles. The molecule has 0 rings (SSSR count). The first-order valence-electron chi connectivity index (χ1n) is 3.95. The number of unbranched alkanes of at least 4 members (excludes halogenated alkanes) is 1. The van der Waals surface area contributed by atoms with Crippen molar-refractivity contribution in [2.24, 2.45) is 5.92 Å². The number of rotatable bonds is 6. The Kier molecular flexibility index (Phi) is 7.81. The minimum Gasteiger partial charge on any atom is -0.281 e. The van der Waals surface area contributed by atoms with E-state index in [1.807, 2.05) is 0 Å². The molecular weight excluding hydrogens is 274 g/mol. The van der Waals surface area contributed by atoms with Crippen molar-refractivity contribution >= 4 is 39.4 Å². The molecule has 0 aromatic heterocycles. The molecule has 0 N–H and O–H groups in total. The zero-order chi connectivity index (χ0) is 8.69. The second kappa shape index (κ2) is 7.35. The first-order chi connectivity index (χ1) is 5.20. The van der Waals surface area contributed by atoms with Gasteiger partial charge in [0.2, 0.25) is 5.24 Å². The van der Waals surface area contributed by atoms with Crippen molar-refractivity contribution in [3.63, 3.8) is 0 Å². The summed E-state index contributed by atoms with van der Waals surface area (Å²) in [4.78, 5) is 10.5. The predicted molar refractivity (Wildman–Crippen MR) is 57.4 cm³/mol. The molecule has 0 bridgehead atoms. The first kappa shape index (κ1) is 11.7. The van der Waals surface area contributed by atoms with Crippen LogP contribution in [0.25, 0.3) is 0 Å². The van der Waals surface area contributed by atoms with Crippen molar-refractivity contribution in [2.45, 2.75) is 32.6 Å². The van der Waals surface area contributed by atoms with Gasteiger partial charge in [-0.25, -0.2) is 0 Å². The number of halogens is 2. The summed E-state index contributed by atoms with van der Waals surface area (Å²) in [6.07, 6.45) is 4.09. The lowest BCUT2D eigenvalue weighted by Crippen LogP contribution is -2.05. The lowest BCUT2D eigenvalue weighted by atomic mass is 10.0. The summed E-state index contributed by atoms with van der Waals surface area (Å²) in [6.45, 7) is 2.16. The standard InChI is InChI=1S/C8H14ClIO/c1-2-3-4-7(6-10)5-8(9)11/h7H,2-6H2,1H3. The van der Waals surface area contributed by atoms with Gasteiger partial charge < -0.3 is 0 Å². The Morgan fingerprint density at radius 1 is 1.64 bits per heavy atom. The van der Waals surface area contributed by atoms with Gasteiger partial charge in [0.05, 0.1) is 0 Å². The third kappa shape index (κ3) is 7.06. The van der Waals surface area contributed by atoms with E-state index in [1.165, 1.54) is 12.8 Å². The highest BCUT2D eigenvalue weighted by Crippen LogP contribution is 2.16. The van der Waals surface area contributed by atoms with Crippen LogP contribution in [0.5, 0.6) is 0 Å². The first-order valence-corrected chi connectivity index (χ1v) is 5.85. The minimum atomic E-state index is -0.192. The fourth-order valence-electron chi connectivity index (χ4n) is 0.954. The summed E-state index contributed by atoms with van der Waals surface area (Å²) in [5.74, 6) is 0.501. The second-order valence-electron chi connectivity index (χ2n) is 2.72. The van der Waals surface area contributed by atoms with E-state index < -0.39 is 0 Å². The Hall–Kier alpha value is 0.690. The maximum absolute atomic E-state index is 10.5. The molecular formula is C8H14ClIO. The Balaban J connectivity index is 3.49. The van der Waals surface area contributed by atoms with Crippen LogP contribution in [0, 0.1) is 5.92 Å². The van der Waals surface area contributed by atoms with Crippen LogP contribution < -0.4 is 0 Å². The summed E-state index contributed by atoms with van der Waals surface area (Å²) >= 11 is 7.60. The molecule has 1 unspecified atom stereocenters. The molecule has 0 aliphatic heterocycles. The molecule has 0 amide bonds. The molecule has 0 aliphatic carbocycles. The normalized spacial score (nSPS) is 13.0. The molecule has 1 atom stereocenters. The molecule has 1 nitrogen and oxygen atoms in total. The van der Waals surface area contributed by atoms with Gasteiger partial charge in [0.25, 0.3) is 0 Å². The van der Waals surface area contributed by atoms with Gasteiger partial charge >= 0.3 is 0 Å². The molecule has 0 aliphatic rings. The molecule has 66 valence electrons. The van der Waals surface area contributed by atoms with Crippen LogP contribution in [-0.4, -0.2) is 9.67 Å². The van der Waals surface area contributed by atoms with Gasteiger partial charge in [-0.2, -0.15) is 0 Å². The van der Waals surface area contributed by atoms with E-state index in [1.54, 1.807) is 0 Å². The summed E-state index contributed by atoms with van der Waals surface area (Å²) in [5, 5.41) is -0.192. The highest BCUT2D eigenvalue weighted by atomic mass is 127. The van der Waals surface area contributed by atoms with Gasteiger partial charge in [-0.05, 0) is 23.9 Å². The van der Waals surface area contributed by atoms with Gasteiger partial charge in [-0.1, -0.05) is 42.4 Å². The monoisotopic (exact) mass is 288 g/mol. The summed E-state index contributed by atoms with van der Waals surface area (Å²) < 4.78 is 1.04. The number of carbonyl (C=O) groups excluding carboxylic acids is 1. The summed E-state index contributed by atoms with van der Waals surface area (Å²) in [5.41, 5.74) is 0. The van der Waals surface area contributed by atoms with Crippen molar-refractivity contribution in [2.75, 3.05) is 4.43 Å². The third-order valence-electron chi connectivity index (χ3n) is 1.63. The van der Waals surface area contributed by atoms with Crippen LogP contribution in [0.1, 0.15) is 32.6 Å². The zero-order valence-electron chi connectivity index (χ0n) is 6.78. The molecule has 0 fully saturated rings. The lowest BCUT2D eigenvalue weighted by Gasteiger charge is -2.09. The number of hydrogen-bond acceptors (Lipinski definition) is 1. The van der Waals surface area contributed by atoms with E-state index >= 15 is 0 Å². The van der Waals surface area contributed by atoms with Crippen molar-refractivity contribution in [1.82, 2.24) is 0 Å². The molecule has 0 aromatic rings. The van der Waals surface area contributed by atoms with Gasteiger partial charge in [-0.3, -0.25) is 4.79 Å². The molecule has 0 aromatic carbocycles. The number of alkyl halides is 1. The van der Waals surface area contributed by atoms with Crippen LogP contribution in [0.15, 0.2) is 0 Å². The van der Waals surface area contributed by atoms with Gasteiger partial charge in [0.15, 0.2) is 0 Å². The highest BCUT2D eigenvalue weighted by Gasteiger charge is 2.09. The second-order valence-corrected chi connectivity index (χ2v) is 4.02. The molecule has 0 radical (unpaired) electrons. The van der Waals surface area contributed by atoms with Crippen molar-refractivity contribution in [3.8, 4) is 0 Å². The minimum absolute atomic E-state index is 0.192. The van der Waals surface area contributed by atoms with Crippen LogP contribution >= 0.6 is 34.2 Å². The number of hydrogen-bond donors (Lipinski definition) is 0. The van der Waals surface area contributed by atoms with Crippen molar-refractivity contribution < 1.29 is 4.79 Å². The predicted octanol–water partition coefficient (Wildman–Crippen LogP) is 3.38. The fraction of sp³-hybridized carbons (Fsp3) is 0.875. The molecule has 3 heteroatoms. The lowest BCUT2D eigenvalue weighted by molar-refractivity contribution is -0.112. The van der Waals surface area contributed by atoms with Crippen LogP contribution in [0.3, 0.4) is 0 Å². The molecule has 0 heterocycles. The summed E-state index contributed by atoms with van der Waals surface area (Å²) in [7, 11) is 0. The van der Waals surface area contributed by atoms with Crippen molar-refractivity contribution in [3.05, 3.63) is 0 Å². The molecule has 11 heavy (non-hydrogen) atoms. The Morgan fingerprint density at radius 2 is 2.27 bits per heavy atom. The van der Waals surface area contributed by atoms with Crippen molar-refractivity contribution in [1.29, 1.82) is 0 Å². The molecule has 0 saturated carbocycles. The van der Waals surface area contributed by atoms with E-state index in [4.69, 9.17) is 11.6 Å². The quantitative estimate of drug-likeness (QED) is 0.416. The van der Waals surface area contributed by atoms with Crippen LogP contribution in [0.4, 0.5) is 0 Å². The Bertz CT molecular complexity index is 117. The average molecular weight is 289 g/mol. The van der Waals surface area contributed by atoms with Crippen LogP contribution in [0.2, 0.25) is 0 Å². The van der Waals surface area contributed by atoms with E-state index in [0.717, 1.165) is 10.8 Å². The van der Waals surface area contributed by atoms with E-state index in [-0.39, 0.29) is 5.24 Å². The van der Waals surface area contributed by atoms with E-state index in [9.17, 15) is 4.79 Å². The highest BCUT2D eigenvalue weighted by molar-refractivity contribution is 14.1.